The summed E-state index contributed by atoms with van der Waals surface area (Å²) in [5, 5.41) is 0. The van der Waals surface area contributed by atoms with Gasteiger partial charge in [-0.3, -0.25) is 0 Å². The van der Waals surface area contributed by atoms with Gasteiger partial charge in [0.25, 0.3) is 20.0 Å². The van der Waals surface area contributed by atoms with E-state index in [2.05, 4.69) is 9.47 Å². The summed E-state index contributed by atoms with van der Waals surface area (Å²) in [5.74, 6) is -1.46. The normalized spacial score (nSPS) is 13.3. The van der Waals surface area contributed by atoms with Crippen LogP contribution in [0.5, 0.6) is 11.5 Å². The smallest absolute Gasteiger partial charge is 0.406 e. The summed E-state index contributed by atoms with van der Waals surface area (Å²) in [6, 6.07) is 5.47. The molecule has 0 heterocycles. The Morgan fingerprint density at radius 2 is 0.900 bits per heavy atom. The molecule has 30 heavy (non-hydrogen) atoms. The van der Waals surface area contributed by atoms with E-state index in [1.54, 1.807) is 0 Å². The van der Waals surface area contributed by atoms with Gasteiger partial charge in [0.15, 0.2) is 0 Å². The van der Waals surface area contributed by atoms with Crippen molar-refractivity contribution in [2.75, 3.05) is 7.05 Å². The standard InChI is InChI=1S/C15H11F6NO6S2/c1-22(29(23,24)12-6-2-10(3-7-12)27-14(16,17)18)30(25,26)13-8-4-11(5-9-13)28-15(19,20)21/h2-9H,1H3. The van der Waals surface area contributed by atoms with Crippen molar-refractivity contribution in [2.24, 2.45) is 0 Å². The molecule has 2 aromatic carbocycles. The molecule has 15 heteroatoms. The van der Waals surface area contributed by atoms with Gasteiger partial charge < -0.3 is 9.47 Å². The Morgan fingerprint density at radius 1 is 0.633 bits per heavy atom. The van der Waals surface area contributed by atoms with E-state index in [1.165, 1.54) is 0 Å². The number of hydrogen-bond acceptors (Lipinski definition) is 6. The average Bonchev–Trinajstić information content (AvgIpc) is 2.59. The number of sulfonamides is 2. The predicted octanol–water partition coefficient (Wildman–Crippen LogP) is 3.49. The molecule has 0 aliphatic carbocycles. The first-order chi connectivity index (χ1) is 13.5. The second-order valence-electron chi connectivity index (χ2n) is 5.43. The lowest BCUT2D eigenvalue weighted by Crippen LogP contribution is -2.33. The van der Waals surface area contributed by atoms with E-state index in [4.69, 9.17) is 0 Å². The van der Waals surface area contributed by atoms with Gasteiger partial charge in [-0.05, 0) is 48.5 Å². The highest BCUT2D eigenvalue weighted by atomic mass is 32.3. The minimum atomic E-state index is -5.01. The van der Waals surface area contributed by atoms with Crippen molar-refractivity contribution >= 4 is 20.0 Å². The number of nitrogens with zero attached hydrogens (tertiary/aromatic N) is 1. The molecule has 0 aliphatic heterocycles. The van der Waals surface area contributed by atoms with Crippen molar-refractivity contribution in [3.8, 4) is 11.5 Å². The number of alkyl halides is 6. The molecule has 166 valence electrons. The molecule has 0 atom stereocenters. The molecule has 0 saturated carbocycles. The Bertz CT molecular complexity index is 1000. The minimum Gasteiger partial charge on any atom is -0.406 e. The van der Waals surface area contributed by atoms with Gasteiger partial charge in [0.1, 0.15) is 11.5 Å². The van der Waals surface area contributed by atoms with Crippen LogP contribution in [0.15, 0.2) is 58.3 Å². The van der Waals surface area contributed by atoms with E-state index >= 15 is 0 Å². The van der Waals surface area contributed by atoms with Crippen LogP contribution in [0.2, 0.25) is 0 Å². The van der Waals surface area contributed by atoms with Gasteiger partial charge in [-0.2, -0.15) is 0 Å². The molecule has 2 rings (SSSR count). The first kappa shape index (κ1) is 23.8. The summed E-state index contributed by atoms with van der Waals surface area (Å²) < 4.78 is 130. The fraction of sp³-hybridized carbons (Fsp3) is 0.200. The summed E-state index contributed by atoms with van der Waals surface area (Å²) in [6.45, 7) is 0. The zero-order valence-electron chi connectivity index (χ0n) is 14.6. The summed E-state index contributed by atoms with van der Waals surface area (Å²) in [5.41, 5.74) is 0. The van der Waals surface area contributed by atoms with Gasteiger partial charge in [-0.25, -0.2) is 16.8 Å². The minimum absolute atomic E-state index is 0.0702. The molecular weight excluding hydrogens is 468 g/mol. The monoisotopic (exact) mass is 479 g/mol. The lowest BCUT2D eigenvalue weighted by Gasteiger charge is -2.18. The van der Waals surface area contributed by atoms with Gasteiger partial charge in [-0.1, -0.05) is 3.71 Å². The Morgan fingerprint density at radius 3 is 1.13 bits per heavy atom. The van der Waals surface area contributed by atoms with Crippen LogP contribution in [-0.4, -0.2) is 40.3 Å². The van der Waals surface area contributed by atoms with Crippen molar-refractivity contribution < 1.29 is 52.7 Å². The Kier molecular flexibility index (Phi) is 6.30. The van der Waals surface area contributed by atoms with Gasteiger partial charge in [0.2, 0.25) is 0 Å². The first-order valence-electron chi connectivity index (χ1n) is 7.48. The quantitative estimate of drug-likeness (QED) is 0.590. The van der Waals surface area contributed by atoms with E-state index in [1.807, 2.05) is 0 Å². The third-order valence-electron chi connectivity index (χ3n) is 3.39. The molecule has 0 fully saturated rings. The topological polar surface area (TPSA) is 90.0 Å². The first-order valence-corrected chi connectivity index (χ1v) is 10.4. The zero-order chi connectivity index (χ0) is 23.0. The highest BCUT2D eigenvalue weighted by Gasteiger charge is 2.35. The van der Waals surface area contributed by atoms with Crippen molar-refractivity contribution in [3.63, 3.8) is 0 Å². The fourth-order valence-corrected chi connectivity index (χ4v) is 5.16. The molecular formula is C15H11F6NO6S2. The number of halogens is 6. The van der Waals surface area contributed by atoms with E-state index in [9.17, 15) is 43.2 Å². The highest BCUT2D eigenvalue weighted by Crippen LogP contribution is 2.28. The molecule has 0 aliphatic rings. The molecule has 0 saturated heterocycles. The molecule has 0 N–H and O–H groups in total. The second kappa shape index (κ2) is 7.96. The van der Waals surface area contributed by atoms with Crippen LogP contribution in [0.3, 0.4) is 0 Å². The number of hydrogen-bond donors (Lipinski definition) is 0. The summed E-state index contributed by atoms with van der Waals surface area (Å²) in [7, 11) is -8.84. The van der Waals surface area contributed by atoms with E-state index in [-0.39, 0.29) is 3.71 Å². The van der Waals surface area contributed by atoms with Gasteiger partial charge >= 0.3 is 12.7 Å². The number of rotatable bonds is 6. The molecule has 0 radical (unpaired) electrons. The van der Waals surface area contributed by atoms with Crippen molar-refractivity contribution in [1.82, 2.24) is 3.71 Å². The van der Waals surface area contributed by atoms with E-state index < -0.39 is 54.1 Å². The predicted molar refractivity (Wildman–Crippen MR) is 88.4 cm³/mol. The third-order valence-corrected chi connectivity index (χ3v) is 7.65. The number of benzene rings is 2. The van der Waals surface area contributed by atoms with Crippen molar-refractivity contribution in [2.45, 2.75) is 22.5 Å². The van der Waals surface area contributed by atoms with Gasteiger partial charge in [0, 0.05) is 7.05 Å². The molecule has 2 aromatic rings. The van der Waals surface area contributed by atoms with Gasteiger partial charge in [-0.15, -0.1) is 26.3 Å². The summed E-state index contributed by atoms with van der Waals surface area (Å²) in [4.78, 5) is -1.33. The van der Waals surface area contributed by atoms with Crippen LogP contribution >= 0.6 is 0 Å². The van der Waals surface area contributed by atoms with Crippen molar-refractivity contribution in [1.29, 1.82) is 0 Å². The third kappa shape index (κ3) is 5.76. The average molecular weight is 479 g/mol. The Labute approximate surface area is 166 Å². The van der Waals surface area contributed by atoms with Gasteiger partial charge in [0.05, 0.1) is 9.79 Å². The lowest BCUT2D eigenvalue weighted by molar-refractivity contribution is -0.275. The molecule has 0 bridgehead atoms. The molecule has 0 amide bonds. The molecule has 0 unspecified atom stereocenters. The Hall–Kier alpha value is -2.52. The highest BCUT2D eigenvalue weighted by molar-refractivity contribution is 8.04. The molecule has 0 spiro atoms. The largest absolute Gasteiger partial charge is 0.573 e. The maximum Gasteiger partial charge on any atom is 0.573 e. The SMILES string of the molecule is CN(S(=O)(=O)c1ccc(OC(F)(F)F)cc1)S(=O)(=O)c1ccc(OC(F)(F)F)cc1. The van der Waals surface area contributed by atoms with Crippen LogP contribution in [-0.2, 0) is 20.0 Å². The lowest BCUT2D eigenvalue weighted by atomic mass is 10.3. The maximum absolute atomic E-state index is 12.5. The summed E-state index contributed by atoms with van der Waals surface area (Å²) >= 11 is 0. The van der Waals surface area contributed by atoms with Crippen LogP contribution in [0.1, 0.15) is 0 Å². The number of ether oxygens (including phenoxy) is 2. The van der Waals surface area contributed by atoms with Crippen LogP contribution in [0.4, 0.5) is 26.3 Å². The zero-order valence-corrected chi connectivity index (χ0v) is 16.2. The van der Waals surface area contributed by atoms with E-state index in [0.29, 0.717) is 55.6 Å². The second-order valence-corrected chi connectivity index (χ2v) is 9.60. The Balaban J connectivity index is 2.29. The van der Waals surface area contributed by atoms with Crippen molar-refractivity contribution in [3.05, 3.63) is 48.5 Å². The van der Waals surface area contributed by atoms with Crippen LogP contribution in [0.25, 0.3) is 0 Å². The maximum atomic E-state index is 12.5. The van der Waals surface area contributed by atoms with Crippen LogP contribution < -0.4 is 9.47 Å². The summed E-state index contributed by atoms with van der Waals surface area (Å²) in [6.07, 6.45) is -10.0. The van der Waals surface area contributed by atoms with E-state index in [0.717, 1.165) is 0 Å². The fourth-order valence-electron chi connectivity index (χ4n) is 2.05. The van der Waals surface area contributed by atoms with Crippen LogP contribution in [0, 0.1) is 0 Å². The molecule has 0 aromatic heterocycles. The molecule has 7 nitrogen and oxygen atoms in total.